The minimum atomic E-state index is 0.476. The second-order valence-corrected chi connectivity index (χ2v) is 5.22. The molecule has 0 aliphatic heterocycles. The summed E-state index contributed by atoms with van der Waals surface area (Å²) in [6, 6.07) is 6.80. The highest BCUT2D eigenvalue weighted by Crippen LogP contribution is 2.26. The van der Waals surface area contributed by atoms with E-state index in [9.17, 15) is 0 Å². The molecular weight excluding hydrogens is 208 g/mol. The van der Waals surface area contributed by atoms with Gasteiger partial charge < -0.3 is 5.32 Å². The lowest BCUT2D eigenvalue weighted by molar-refractivity contribution is 0.371. The van der Waals surface area contributed by atoms with Gasteiger partial charge in [-0.05, 0) is 44.9 Å². The summed E-state index contributed by atoms with van der Waals surface area (Å²) >= 11 is 0. The van der Waals surface area contributed by atoms with Crippen LogP contribution in [0.4, 0.5) is 0 Å². The lowest BCUT2D eigenvalue weighted by atomic mass is 9.86. The van der Waals surface area contributed by atoms with Crippen molar-refractivity contribution in [2.45, 2.75) is 53.0 Å². The topological polar surface area (TPSA) is 24.9 Å². The van der Waals surface area contributed by atoms with Crippen molar-refractivity contribution in [2.75, 3.05) is 6.54 Å². The highest BCUT2D eigenvalue weighted by atomic mass is 14.9. The van der Waals surface area contributed by atoms with Gasteiger partial charge in [0.15, 0.2) is 0 Å². The van der Waals surface area contributed by atoms with E-state index in [2.05, 4.69) is 63.1 Å². The molecule has 0 saturated heterocycles. The van der Waals surface area contributed by atoms with E-state index in [0.29, 0.717) is 17.9 Å². The Kier molecular flexibility index (Phi) is 5.63. The molecule has 0 amide bonds. The van der Waals surface area contributed by atoms with Gasteiger partial charge in [0.2, 0.25) is 0 Å². The van der Waals surface area contributed by atoms with Crippen LogP contribution >= 0.6 is 0 Å². The molecule has 2 atom stereocenters. The summed E-state index contributed by atoms with van der Waals surface area (Å²) in [5, 5.41) is 3.59. The van der Waals surface area contributed by atoms with Crippen LogP contribution < -0.4 is 5.32 Å². The zero-order valence-electron chi connectivity index (χ0n) is 11.8. The third kappa shape index (κ3) is 4.12. The van der Waals surface area contributed by atoms with Gasteiger partial charge in [0.05, 0.1) is 0 Å². The van der Waals surface area contributed by atoms with Crippen LogP contribution in [0.15, 0.2) is 18.2 Å². The first kappa shape index (κ1) is 14.2. The molecule has 0 bridgehead atoms. The van der Waals surface area contributed by atoms with Gasteiger partial charge in [-0.1, -0.05) is 26.8 Å². The monoisotopic (exact) mass is 234 g/mol. The molecular formula is C15H26N2. The average molecular weight is 234 g/mol. The average Bonchev–Trinajstić information content (AvgIpc) is 2.26. The molecule has 0 aliphatic rings. The number of aryl methyl sites for hydroxylation is 1. The largest absolute Gasteiger partial charge is 0.314 e. The van der Waals surface area contributed by atoms with Crippen molar-refractivity contribution in [1.29, 1.82) is 0 Å². The standard InChI is InChI=1S/C15H26N2/c1-6-10-16-13(5)15(11(2)3)14-9-7-8-12(4)17-14/h7-9,11,13,15-16H,6,10H2,1-5H3. The highest BCUT2D eigenvalue weighted by Gasteiger charge is 2.23. The van der Waals surface area contributed by atoms with Crippen molar-refractivity contribution < 1.29 is 0 Å². The summed E-state index contributed by atoms with van der Waals surface area (Å²) in [5.41, 5.74) is 2.33. The van der Waals surface area contributed by atoms with Gasteiger partial charge in [-0.3, -0.25) is 4.98 Å². The van der Waals surface area contributed by atoms with Gasteiger partial charge >= 0.3 is 0 Å². The first-order valence-electron chi connectivity index (χ1n) is 6.73. The molecule has 0 saturated carbocycles. The minimum absolute atomic E-state index is 0.476. The number of aromatic nitrogens is 1. The van der Waals surface area contributed by atoms with Crippen molar-refractivity contribution >= 4 is 0 Å². The van der Waals surface area contributed by atoms with E-state index in [0.717, 1.165) is 12.2 Å². The van der Waals surface area contributed by atoms with E-state index in [4.69, 9.17) is 0 Å². The van der Waals surface area contributed by atoms with Crippen molar-refractivity contribution in [3.8, 4) is 0 Å². The molecule has 1 aromatic heterocycles. The van der Waals surface area contributed by atoms with Gasteiger partial charge in [-0.2, -0.15) is 0 Å². The van der Waals surface area contributed by atoms with E-state index in [1.807, 2.05) is 0 Å². The lowest BCUT2D eigenvalue weighted by Crippen LogP contribution is -2.35. The normalized spacial score (nSPS) is 14.9. The van der Waals surface area contributed by atoms with Crippen LogP contribution in [0.5, 0.6) is 0 Å². The summed E-state index contributed by atoms with van der Waals surface area (Å²) in [5.74, 6) is 1.09. The predicted molar refractivity (Wildman–Crippen MR) is 74.3 cm³/mol. The Hall–Kier alpha value is -0.890. The maximum absolute atomic E-state index is 4.68. The summed E-state index contributed by atoms with van der Waals surface area (Å²) in [6.07, 6.45) is 1.18. The molecule has 0 radical (unpaired) electrons. The number of hydrogen-bond acceptors (Lipinski definition) is 2. The molecule has 0 aliphatic carbocycles. The molecule has 0 spiro atoms. The van der Waals surface area contributed by atoms with Crippen LogP contribution in [0.1, 0.15) is 51.4 Å². The first-order valence-corrected chi connectivity index (χ1v) is 6.73. The van der Waals surface area contributed by atoms with Crippen molar-refractivity contribution in [3.63, 3.8) is 0 Å². The van der Waals surface area contributed by atoms with Crippen LogP contribution in [-0.2, 0) is 0 Å². The summed E-state index contributed by atoms with van der Waals surface area (Å²) < 4.78 is 0. The number of rotatable bonds is 6. The number of nitrogens with one attached hydrogen (secondary N) is 1. The van der Waals surface area contributed by atoms with E-state index in [-0.39, 0.29) is 0 Å². The van der Waals surface area contributed by atoms with Gasteiger partial charge in [0, 0.05) is 23.3 Å². The second-order valence-electron chi connectivity index (χ2n) is 5.22. The highest BCUT2D eigenvalue weighted by molar-refractivity contribution is 5.16. The maximum Gasteiger partial charge on any atom is 0.0455 e. The quantitative estimate of drug-likeness (QED) is 0.814. The molecule has 0 aromatic carbocycles. The van der Waals surface area contributed by atoms with E-state index in [1.165, 1.54) is 12.1 Å². The van der Waals surface area contributed by atoms with Crippen molar-refractivity contribution in [2.24, 2.45) is 5.92 Å². The molecule has 1 aromatic rings. The maximum atomic E-state index is 4.68. The molecule has 1 rings (SSSR count). The summed E-state index contributed by atoms with van der Waals surface area (Å²) in [6.45, 7) is 12.2. The zero-order chi connectivity index (χ0) is 12.8. The Morgan fingerprint density at radius 1 is 1.24 bits per heavy atom. The first-order chi connectivity index (χ1) is 8.06. The smallest absolute Gasteiger partial charge is 0.0455 e. The van der Waals surface area contributed by atoms with Crippen LogP contribution in [0.25, 0.3) is 0 Å². The minimum Gasteiger partial charge on any atom is -0.314 e. The Bertz CT molecular complexity index is 333. The Morgan fingerprint density at radius 3 is 2.47 bits per heavy atom. The molecule has 1 heterocycles. The Balaban J connectivity index is 2.85. The predicted octanol–water partition coefficient (Wildman–Crippen LogP) is 3.52. The van der Waals surface area contributed by atoms with Gasteiger partial charge in [0.25, 0.3) is 0 Å². The molecule has 1 N–H and O–H groups in total. The van der Waals surface area contributed by atoms with Crippen LogP contribution in [0, 0.1) is 12.8 Å². The van der Waals surface area contributed by atoms with E-state index >= 15 is 0 Å². The van der Waals surface area contributed by atoms with Crippen LogP contribution in [-0.4, -0.2) is 17.6 Å². The second kappa shape index (κ2) is 6.75. The van der Waals surface area contributed by atoms with Crippen LogP contribution in [0.2, 0.25) is 0 Å². The van der Waals surface area contributed by atoms with E-state index in [1.54, 1.807) is 0 Å². The fraction of sp³-hybridized carbons (Fsp3) is 0.667. The molecule has 17 heavy (non-hydrogen) atoms. The summed E-state index contributed by atoms with van der Waals surface area (Å²) in [4.78, 5) is 4.68. The third-order valence-electron chi connectivity index (χ3n) is 3.22. The fourth-order valence-electron chi connectivity index (χ4n) is 2.42. The lowest BCUT2D eigenvalue weighted by Gasteiger charge is -2.28. The molecule has 96 valence electrons. The third-order valence-corrected chi connectivity index (χ3v) is 3.22. The van der Waals surface area contributed by atoms with Gasteiger partial charge in [-0.25, -0.2) is 0 Å². The molecule has 2 unspecified atom stereocenters. The fourth-order valence-corrected chi connectivity index (χ4v) is 2.42. The van der Waals surface area contributed by atoms with E-state index < -0.39 is 0 Å². The Morgan fingerprint density at radius 2 is 1.94 bits per heavy atom. The van der Waals surface area contributed by atoms with Gasteiger partial charge in [0.1, 0.15) is 0 Å². The van der Waals surface area contributed by atoms with Gasteiger partial charge in [-0.15, -0.1) is 0 Å². The number of hydrogen-bond donors (Lipinski definition) is 1. The zero-order valence-corrected chi connectivity index (χ0v) is 11.8. The van der Waals surface area contributed by atoms with Crippen molar-refractivity contribution in [1.82, 2.24) is 10.3 Å². The SMILES string of the molecule is CCCNC(C)C(c1cccc(C)n1)C(C)C. The van der Waals surface area contributed by atoms with Crippen LogP contribution in [0.3, 0.4) is 0 Å². The summed E-state index contributed by atoms with van der Waals surface area (Å²) in [7, 11) is 0. The molecule has 0 fully saturated rings. The number of nitrogens with zero attached hydrogens (tertiary/aromatic N) is 1. The Labute approximate surface area is 106 Å². The molecule has 2 heteroatoms. The number of pyridine rings is 1. The van der Waals surface area contributed by atoms with Crippen molar-refractivity contribution in [3.05, 3.63) is 29.6 Å². The molecule has 2 nitrogen and oxygen atoms in total.